The van der Waals surface area contributed by atoms with E-state index in [1.54, 1.807) is 55.5 Å². The summed E-state index contributed by atoms with van der Waals surface area (Å²) in [6.07, 6.45) is 0. The second-order valence-corrected chi connectivity index (χ2v) is 8.91. The number of nitrogens with zero attached hydrogens (tertiary/aromatic N) is 1. The standard InChI is InChI=1S/C23H23FN2O4S/c1-16(17-4-8-19(24)9-5-17)25-23(27)18-6-10-20(11-7-18)26(2)31(28,29)22-14-12-21(30-3)13-15-22/h4-16H,1-3H3,(H,25,27)/t16-/m0/s1. The van der Waals surface area contributed by atoms with Crippen LogP contribution in [0.5, 0.6) is 5.75 Å². The highest BCUT2D eigenvalue weighted by atomic mass is 32.2. The zero-order valence-corrected chi connectivity index (χ0v) is 18.2. The molecule has 0 saturated heterocycles. The number of carbonyl (C=O) groups is 1. The maximum Gasteiger partial charge on any atom is 0.264 e. The smallest absolute Gasteiger partial charge is 0.264 e. The van der Waals surface area contributed by atoms with Gasteiger partial charge in [0.2, 0.25) is 0 Å². The number of anilines is 1. The van der Waals surface area contributed by atoms with Crippen LogP contribution in [-0.4, -0.2) is 28.5 Å². The molecule has 0 heterocycles. The number of rotatable bonds is 7. The summed E-state index contributed by atoms with van der Waals surface area (Å²) in [5, 5.41) is 2.84. The first-order valence-corrected chi connectivity index (χ1v) is 11.0. The Kier molecular flexibility index (Phi) is 6.60. The first-order valence-electron chi connectivity index (χ1n) is 9.52. The number of methoxy groups -OCH3 is 1. The van der Waals surface area contributed by atoms with E-state index in [9.17, 15) is 17.6 Å². The molecule has 3 rings (SSSR count). The number of nitrogens with one attached hydrogen (secondary N) is 1. The lowest BCUT2D eigenvalue weighted by Crippen LogP contribution is -2.28. The second kappa shape index (κ2) is 9.18. The maximum atomic E-state index is 13.1. The lowest BCUT2D eigenvalue weighted by atomic mass is 10.1. The lowest BCUT2D eigenvalue weighted by molar-refractivity contribution is 0.0940. The third kappa shape index (κ3) is 5.03. The molecule has 31 heavy (non-hydrogen) atoms. The van der Waals surface area contributed by atoms with Crippen LogP contribution in [0.15, 0.2) is 77.7 Å². The Balaban J connectivity index is 1.72. The quantitative estimate of drug-likeness (QED) is 0.596. The van der Waals surface area contributed by atoms with E-state index in [0.717, 1.165) is 9.87 Å². The van der Waals surface area contributed by atoms with Crippen molar-refractivity contribution in [3.63, 3.8) is 0 Å². The van der Waals surface area contributed by atoms with Crippen molar-refractivity contribution in [2.45, 2.75) is 17.9 Å². The largest absolute Gasteiger partial charge is 0.497 e. The van der Waals surface area contributed by atoms with E-state index >= 15 is 0 Å². The van der Waals surface area contributed by atoms with Crippen molar-refractivity contribution < 1.29 is 22.3 Å². The molecule has 1 atom stereocenters. The molecule has 1 N–H and O–H groups in total. The second-order valence-electron chi connectivity index (χ2n) is 6.94. The molecule has 0 spiro atoms. The molecule has 1 amide bonds. The lowest BCUT2D eigenvalue weighted by Gasteiger charge is -2.20. The van der Waals surface area contributed by atoms with Crippen LogP contribution < -0.4 is 14.4 Å². The van der Waals surface area contributed by atoms with Crippen LogP contribution >= 0.6 is 0 Å². The van der Waals surface area contributed by atoms with Crippen molar-refractivity contribution in [1.82, 2.24) is 5.32 Å². The number of ether oxygens (including phenoxy) is 1. The third-order valence-corrected chi connectivity index (χ3v) is 6.73. The van der Waals surface area contributed by atoms with Gasteiger partial charge < -0.3 is 10.1 Å². The van der Waals surface area contributed by atoms with Gasteiger partial charge in [0, 0.05) is 12.6 Å². The Morgan fingerprint density at radius 2 is 1.55 bits per heavy atom. The molecule has 0 fully saturated rings. The van der Waals surface area contributed by atoms with Crippen LogP contribution in [0.2, 0.25) is 0 Å². The van der Waals surface area contributed by atoms with Gasteiger partial charge in [0.15, 0.2) is 0 Å². The van der Waals surface area contributed by atoms with Crippen LogP contribution in [0.4, 0.5) is 10.1 Å². The molecular formula is C23H23FN2O4S. The third-order valence-electron chi connectivity index (χ3n) is 4.93. The van der Waals surface area contributed by atoms with Gasteiger partial charge in [-0.2, -0.15) is 0 Å². The molecule has 0 saturated carbocycles. The van der Waals surface area contributed by atoms with Gasteiger partial charge in [-0.15, -0.1) is 0 Å². The predicted molar refractivity (Wildman–Crippen MR) is 117 cm³/mol. The number of carbonyl (C=O) groups excluding carboxylic acids is 1. The number of hydrogen-bond donors (Lipinski definition) is 1. The highest BCUT2D eigenvalue weighted by Gasteiger charge is 2.21. The molecule has 0 aromatic heterocycles. The van der Waals surface area contributed by atoms with E-state index in [4.69, 9.17) is 4.74 Å². The zero-order valence-electron chi connectivity index (χ0n) is 17.4. The van der Waals surface area contributed by atoms with Crippen LogP contribution in [0.3, 0.4) is 0 Å². The molecule has 8 heteroatoms. The average molecular weight is 443 g/mol. The Morgan fingerprint density at radius 3 is 2.10 bits per heavy atom. The fraction of sp³-hybridized carbons (Fsp3) is 0.174. The zero-order chi connectivity index (χ0) is 22.6. The minimum absolute atomic E-state index is 0.130. The fourth-order valence-electron chi connectivity index (χ4n) is 2.98. The number of halogens is 1. The topological polar surface area (TPSA) is 75.7 Å². The minimum atomic E-state index is -3.76. The van der Waals surface area contributed by atoms with E-state index in [-0.39, 0.29) is 22.7 Å². The molecule has 6 nitrogen and oxygen atoms in total. The number of sulfonamides is 1. The van der Waals surface area contributed by atoms with Gasteiger partial charge in [0.25, 0.3) is 15.9 Å². The summed E-state index contributed by atoms with van der Waals surface area (Å²) in [6, 6.07) is 18.0. The van der Waals surface area contributed by atoms with E-state index < -0.39 is 10.0 Å². The monoisotopic (exact) mass is 442 g/mol. The highest BCUT2D eigenvalue weighted by Crippen LogP contribution is 2.24. The van der Waals surface area contributed by atoms with Crippen molar-refractivity contribution >= 4 is 21.6 Å². The fourth-order valence-corrected chi connectivity index (χ4v) is 4.18. The van der Waals surface area contributed by atoms with Crippen LogP contribution in [0.1, 0.15) is 28.9 Å². The Hall–Kier alpha value is -3.39. The van der Waals surface area contributed by atoms with E-state index in [1.165, 1.54) is 38.4 Å². The summed E-state index contributed by atoms with van der Waals surface area (Å²) < 4.78 is 45.0. The first kappa shape index (κ1) is 22.3. The van der Waals surface area contributed by atoms with E-state index in [2.05, 4.69) is 5.32 Å². The molecule has 0 bridgehead atoms. The van der Waals surface area contributed by atoms with Gasteiger partial charge in [-0.3, -0.25) is 9.10 Å². The molecule has 3 aromatic carbocycles. The van der Waals surface area contributed by atoms with Crippen LogP contribution in [0, 0.1) is 5.82 Å². The Labute approximate surface area is 181 Å². The number of hydrogen-bond acceptors (Lipinski definition) is 4. The molecule has 0 aliphatic carbocycles. The van der Waals surface area contributed by atoms with Crippen molar-refractivity contribution in [3.8, 4) is 5.75 Å². The molecule has 162 valence electrons. The van der Waals surface area contributed by atoms with Gasteiger partial charge in [-0.1, -0.05) is 12.1 Å². The van der Waals surface area contributed by atoms with Gasteiger partial charge in [-0.05, 0) is 73.2 Å². The highest BCUT2D eigenvalue weighted by molar-refractivity contribution is 7.92. The molecule has 0 unspecified atom stereocenters. The number of amides is 1. The van der Waals surface area contributed by atoms with Crippen molar-refractivity contribution in [3.05, 3.63) is 89.7 Å². The van der Waals surface area contributed by atoms with Crippen molar-refractivity contribution in [1.29, 1.82) is 0 Å². The van der Waals surface area contributed by atoms with E-state index in [0.29, 0.717) is 17.0 Å². The normalized spacial score (nSPS) is 12.1. The van der Waals surface area contributed by atoms with Gasteiger partial charge >= 0.3 is 0 Å². The summed E-state index contributed by atoms with van der Waals surface area (Å²) in [5.74, 6) is -0.0950. The summed E-state index contributed by atoms with van der Waals surface area (Å²) in [7, 11) is -0.805. The molecule has 0 aliphatic heterocycles. The summed E-state index contributed by atoms with van der Waals surface area (Å²) in [4.78, 5) is 12.7. The van der Waals surface area contributed by atoms with Gasteiger partial charge in [-0.25, -0.2) is 12.8 Å². The Morgan fingerprint density at radius 1 is 0.968 bits per heavy atom. The van der Waals surface area contributed by atoms with Crippen LogP contribution in [-0.2, 0) is 10.0 Å². The number of benzene rings is 3. The average Bonchev–Trinajstić information content (AvgIpc) is 2.79. The van der Waals surface area contributed by atoms with Crippen molar-refractivity contribution in [2.24, 2.45) is 0 Å². The van der Waals surface area contributed by atoms with E-state index in [1.807, 2.05) is 0 Å². The minimum Gasteiger partial charge on any atom is -0.497 e. The molecule has 0 aliphatic rings. The molecule has 3 aromatic rings. The van der Waals surface area contributed by atoms with Crippen LogP contribution in [0.25, 0.3) is 0 Å². The van der Waals surface area contributed by atoms with Crippen molar-refractivity contribution in [2.75, 3.05) is 18.5 Å². The van der Waals surface area contributed by atoms with Gasteiger partial charge in [0.05, 0.1) is 23.7 Å². The predicted octanol–water partition coefficient (Wildman–Crippen LogP) is 4.15. The summed E-state index contributed by atoms with van der Waals surface area (Å²) >= 11 is 0. The summed E-state index contributed by atoms with van der Waals surface area (Å²) in [5.41, 5.74) is 1.57. The van der Waals surface area contributed by atoms with Gasteiger partial charge in [0.1, 0.15) is 11.6 Å². The first-order chi connectivity index (χ1) is 14.7. The Bertz CT molecular complexity index is 1150. The molecule has 0 radical (unpaired) electrons. The molecular weight excluding hydrogens is 419 g/mol. The maximum absolute atomic E-state index is 13.1. The summed E-state index contributed by atoms with van der Waals surface area (Å²) in [6.45, 7) is 1.80. The SMILES string of the molecule is COc1ccc(S(=O)(=O)N(C)c2ccc(C(=O)N[C@@H](C)c3ccc(F)cc3)cc2)cc1.